The van der Waals surface area contributed by atoms with Gasteiger partial charge in [0, 0.05) is 13.1 Å². The van der Waals surface area contributed by atoms with Gasteiger partial charge < -0.3 is 9.64 Å². The van der Waals surface area contributed by atoms with Gasteiger partial charge in [-0.1, -0.05) is 31.4 Å². The average Bonchev–Trinajstić information content (AvgIpc) is 2.39. The monoisotopic (exact) mass is 219 g/mol. The Kier molecular flexibility index (Phi) is 3.70. The SMILES string of the molecule is COc1ccccc1N(C)C1CCCCC1. The van der Waals surface area contributed by atoms with Gasteiger partial charge in [-0.3, -0.25) is 0 Å². The summed E-state index contributed by atoms with van der Waals surface area (Å²) in [7, 11) is 3.93. The largest absolute Gasteiger partial charge is 0.495 e. The minimum atomic E-state index is 0.685. The van der Waals surface area contributed by atoms with E-state index >= 15 is 0 Å². The van der Waals surface area contributed by atoms with E-state index in [4.69, 9.17) is 4.74 Å². The lowest BCUT2D eigenvalue weighted by atomic mass is 9.94. The van der Waals surface area contributed by atoms with Gasteiger partial charge in [-0.05, 0) is 25.0 Å². The molecule has 1 saturated carbocycles. The molecule has 1 aliphatic carbocycles. The molecular weight excluding hydrogens is 198 g/mol. The molecule has 1 aliphatic rings. The Bertz CT molecular complexity index is 331. The van der Waals surface area contributed by atoms with Gasteiger partial charge in [0.2, 0.25) is 0 Å². The van der Waals surface area contributed by atoms with E-state index in [9.17, 15) is 0 Å². The molecule has 0 bridgehead atoms. The van der Waals surface area contributed by atoms with E-state index in [1.807, 2.05) is 12.1 Å². The Hall–Kier alpha value is -1.18. The van der Waals surface area contributed by atoms with Crippen LogP contribution in [0.5, 0.6) is 5.75 Å². The quantitative estimate of drug-likeness (QED) is 0.772. The number of para-hydroxylation sites is 2. The number of anilines is 1. The molecule has 2 rings (SSSR count). The number of ether oxygens (including phenoxy) is 1. The Morgan fingerprint density at radius 3 is 2.50 bits per heavy atom. The third-order valence-electron chi connectivity index (χ3n) is 3.59. The number of hydrogen-bond donors (Lipinski definition) is 0. The van der Waals surface area contributed by atoms with Crippen LogP contribution in [0.3, 0.4) is 0 Å². The van der Waals surface area contributed by atoms with Crippen molar-refractivity contribution in [3.8, 4) is 5.75 Å². The average molecular weight is 219 g/mol. The fourth-order valence-electron chi connectivity index (χ4n) is 2.59. The Labute approximate surface area is 98.2 Å². The van der Waals surface area contributed by atoms with Crippen LogP contribution in [-0.2, 0) is 0 Å². The van der Waals surface area contributed by atoms with Crippen LogP contribution in [0.1, 0.15) is 32.1 Å². The van der Waals surface area contributed by atoms with Crippen molar-refractivity contribution < 1.29 is 4.74 Å². The van der Waals surface area contributed by atoms with Crippen molar-refractivity contribution in [2.75, 3.05) is 19.1 Å². The molecule has 2 nitrogen and oxygen atoms in total. The highest BCUT2D eigenvalue weighted by atomic mass is 16.5. The summed E-state index contributed by atoms with van der Waals surface area (Å²) in [4.78, 5) is 2.39. The zero-order chi connectivity index (χ0) is 11.4. The predicted molar refractivity (Wildman–Crippen MR) is 68.3 cm³/mol. The van der Waals surface area contributed by atoms with Crippen LogP contribution in [-0.4, -0.2) is 20.2 Å². The first-order valence-electron chi connectivity index (χ1n) is 6.19. The van der Waals surface area contributed by atoms with E-state index in [0.717, 1.165) is 5.75 Å². The first-order chi connectivity index (χ1) is 7.83. The van der Waals surface area contributed by atoms with Crippen molar-refractivity contribution in [1.29, 1.82) is 0 Å². The number of hydrogen-bond acceptors (Lipinski definition) is 2. The highest BCUT2D eigenvalue weighted by Crippen LogP contribution is 2.32. The molecule has 16 heavy (non-hydrogen) atoms. The number of rotatable bonds is 3. The molecule has 0 atom stereocenters. The van der Waals surface area contributed by atoms with Crippen molar-refractivity contribution in [2.24, 2.45) is 0 Å². The van der Waals surface area contributed by atoms with Gasteiger partial charge in [0.05, 0.1) is 12.8 Å². The van der Waals surface area contributed by atoms with Gasteiger partial charge in [0.1, 0.15) is 5.75 Å². The van der Waals surface area contributed by atoms with Gasteiger partial charge in [-0.25, -0.2) is 0 Å². The standard InChI is InChI=1S/C14H21NO/c1-15(12-8-4-3-5-9-12)13-10-6-7-11-14(13)16-2/h6-7,10-12H,3-5,8-9H2,1-2H3. The first-order valence-corrected chi connectivity index (χ1v) is 6.19. The summed E-state index contributed by atoms with van der Waals surface area (Å²) in [6.45, 7) is 0. The summed E-state index contributed by atoms with van der Waals surface area (Å²) in [5.74, 6) is 0.982. The van der Waals surface area contributed by atoms with E-state index in [0.29, 0.717) is 6.04 Å². The second-order valence-corrected chi connectivity index (χ2v) is 4.57. The second kappa shape index (κ2) is 5.24. The van der Waals surface area contributed by atoms with E-state index in [-0.39, 0.29) is 0 Å². The summed E-state index contributed by atoms with van der Waals surface area (Å²) in [5.41, 5.74) is 1.22. The number of nitrogens with zero attached hydrogens (tertiary/aromatic N) is 1. The third kappa shape index (κ3) is 2.31. The molecule has 0 aromatic heterocycles. The molecule has 0 saturated heterocycles. The summed E-state index contributed by atoms with van der Waals surface area (Å²) < 4.78 is 5.42. The summed E-state index contributed by atoms with van der Waals surface area (Å²) in [5, 5.41) is 0. The van der Waals surface area contributed by atoms with Crippen LogP contribution in [0.15, 0.2) is 24.3 Å². The Balaban J connectivity index is 2.15. The van der Waals surface area contributed by atoms with Gasteiger partial charge in [-0.15, -0.1) is 0 Å². The number of methoxy groups -OCH3 is 1. The van der Waals surface area contributed by atoms with Crippen LogP contribution >= 0.6 is 0 Å². The van der Waals surface area contributed by atoms with Gasteiger partial charge in [0.25, 0.3) is 0 Å². The van der Waals surface area contributed by atoms with Crippen molar-refractivity contribution in [3.05, 3.63) is 24.3 Å². The maximum Gasteiger partial charge on any atom is 0.142 e. The van der Waals surface area contributed by atoms with Crippen LogP contribution in [0.4, 0.5) is 5.69 Å². The van der Waals surface area contributed by atoms with Crippen molar-refractivity contribution in [2.45, 2.75) is 38.1 Å². The molecular formula is C14H21NO. The minimum Gasteiger partial charge on any atom is -0.495 e. The van der Waals surface area contributed by atoms with E-state index in [1.165, 1.54) is 37.8 Å². The van der Waals surface area contributed by atoms with Crippen LogP contribution in [0.25, 0.3) is 0 Å². The van der Waals surface area contributed by atoms with Crippen molar-refractivity contribution in [1.82, 2.24) is 0 Å². The van der Waals surface area contributed by atoms with E-state index < -0.39 is 0 Å². The lowest BCUT2D eigenvalue weighted by Gasteiger charge is -2.33. The van der Waals surface area contributed by atoms with Gasteiger partial charge in [0.15, 0.2) is 0 Å². The fraction of sp³-hybridized carbons (Fsp3) is 0.571. The Morgan fingerprint density at radius 1 is 1.12 bits per heavy atom. The molecule has 0 spiro atoms. The molecule has 1 aromatic carbocycles. The molecule has 1 aromatic rings. The normalized spacial score (nSPS) is 17.1. The van der Waals surface area contributed by atoms with Crippen LogP contribution < -0.4 is 9.64 Å². The summed E-state index contributed by atoms with van der Waals surface area (Å²) >= 11 is 0. The van der Waals surface area contributed by atoms with E-state index in [2.05, 4.69) is 24.1 Å². The molecule has 2 heteroatoms. The number of benzene rings is 1. The molecule has 0 radical (unpaired) electrons. The van der Waals surface area contributed by atoms with Crippen molar-refractivity contribution in [3.63, 3.8) is 0 Å². The van der Waals surface area contributed by atoms with E-state index in [1.54, 1.807) is 7.11 Å². The predicted octanol–water partition coefficient (Wildman–Crippen LogP) is 3.46. The van der Waals surface area contributed by atoms with Crippen LogP contribution in [0, 0.1) is 0 Å². The summed E-state index contributed by atoms with van der Waals surface area (Å²) in [6, 6.07) is 8.97. The highest BCUT2D eigenvalue weighted by molar-refractivity contribution is 5.58. The maximum absolute atomic E-state index is 5.42. The second-order valence-electron chi connectivity index (χ2n) is 4.57. The first kappa shape index (κ1) is 11.3. The third-order valence-corrected chi connectivity index (χ3v) is 3.59. The van der Waals surface area contributed by atoms with Crippen LogP contribution in [0.2, 0.25) is 0 Å². The lowest BCUT2D eigenvalue weighted by molar-refractivity contribution is 0.401. The lowest BCUT2D eigenvalue weighted by Crippen LogP contribution is -2.33. The topological polar surface area (TPSA) is 12.5 Å². The summed E-state index contributed by atoms with van der Waals surface area (Å²) in [6.07, 6.45) is 6.76. The zero-order valence-electron chi connectivity index (χ0n) is 10.3. The molecule has 0 N–H and O–H groups in total. The fourth-order valence-corrected chi connectivity index (χ4v) is 2.59. The smallest absolute Gasteiger partial charge is 0.142 e. The Morgan fingerprint density at radius 2 is 1.81 bits per heavy atom. The molecule has 0 amide bonds. The maximum atomic E-state index is 5.42. The minimum absolute atomic E-state index is 0.685. The highest BCUT2D eigenvalue weighted by Gasteiger charge is 2.20. The zero-order valence-corrected chi connectivity index (χ0v) is 10.3. The van der Waals surface area contributed by atoms with Crippen molar-refractivity contribution >= 4 is 5.69 Å². The molecule has 1 fully saturated rings. The van der Waals surface area contributed by atoms with Gasteiger partial charge >= 0.3 is 0 Å². The van der Waals surface area contributed by atoms with Gasteiger partial charge in [-0.2, -0.15) is 0 Å². The molecule has 88 valence electrons. The molecule has 0 aliphatic heterocycles. The molecule has 0 unspecified atom stereocenters. The molecule has 0 heterocycles.